The maximum absolute atomic E-state index is 13.6. The van der Waals surface area contributed by atoms with Crippen LogP contribution in [0.3, 0.4) is 0 Å². The molecule has 138 valence electrons. The van der Waals surface area contributed by atoms with Crippen LogP contribution in [-0.2, 0) is 10.0 Å². The van der Waals surface area contributed by atoms with Crippen LogP contribution in [0.4, 0.5) is 8.78 Å². The smallest absolute Gasteiger partial charge is 0.285 e. The van der Waals surface area contributed by atoms with Crippen molar-refractivity contribution in [2.24, 2.45) is 0 Å². The highest BCUT2D eigenvalue weighted by atomic mass is 32.2. The number of hydrogen-bond acceptors (Lipinski definition) is 6. The first-order valence-corrected chi connectivity index (χ1v) is 9.15. The van der Waals surface area contributed by atoms with Gasteiger partial charge in [0.1, 0.15) is 23.1 Å². The molecule has 1 amide bonds. The Hall–Kier alpha value is -2.62. The van der Waals surface area contributed by atoms with Gasteiger partial charge in [-0.3, -0.25) is 4.79 Å². The van der Waals surface area contributed by atoms with E-state index in [0.29, 0.717) is 23.6 Å². The number of amides is 1. The van der Waals surface area contributed by atoms with Gasteiger partial charge in [-0.15, -0.1) is 5.10 Å². The molecular weight excluding hydrogens is 368 g/mol. The molecule has 0 aliphatic heterocycles. The van der Waals surface area contributed by atoms with Crippen LogP contribution in [-0.4, -0.2) is 31.6 Å². The molecule has 0 spiro atoms. The number of sulfonamides is 1. The van der Waals surface area contributed by atoms with Crippen molar-refractivity contribution in [3.05, 3.63) is 46.8 Å². The predicted molar refractivity (Wildman–Crippen MR) is 86.3 cm³/mol. The molecule has 0 unspecified atom stereocenters. The summed E-state index contributed by atoms with van der Waals surface area (Å²) in [5.41, 5.74) is -0.000918. The molecule has 1 N–H and O–H groups in total. The highest BCUT2D eigenvalue weighted by Crippen LogP contribution is 2.42. The van der Waals surface area contributed by atoms with Crippen LogP contribution < -0.4 is 9.46 Å². The third-order valence-corrected chi connectivity index (χ3v) is 5.30. The van der Waals surface area contributed by atoms with Gasteiger partial charge in [-0.05, 0) is 31.9 Å². The standard InChI is InChI=1S/C16H15F2N3O4S/c1-8-11(17)5-10(6-12(8)18)26(23,24)21-16(22)13-7-14(25-2)15(20-19-13)9-3-4-9/h5-7,9H,3-4H2,1-2H3,(H,21,22). The SMILES string of the molecule is COc1cc(C(=O)NS(=O)(=O)c2cc(F)c(C)c(F)c2)nnc1C1CC1. The Morgan fingerprint density at radius 3 is 2.35 bits per heavy atom. The maximum atomic E-state index is 13.6. The molecule has 26 heavy (non-hydrogen) atoms. The molecule has 1 fully saturated rings. The number of nitrogens with one attached hydrogen (secondary N) is 1. The Balaban J connectivity index is 1.87. The van der Waals surface area contributed by atoms with E-state index in [-0.39, 0.29) is 17.2 Å². The zero-order valence-corrected chi connectivity index (χ0v) is 14.7. The summed E-state index contributed by atoms with van der Waals surface area (Å²) in [4.78, 5) is 11.5. The van der Waals surface area contributed by atoms with E-state index in [0.717, 1.165) is 12.8 Å². The number of benzene rings is 1. The quantitative estimate of drug-likeness (QED) is 0.849. The van der Waals surface area contributed by atoms with Crippen molar-refractivity contribution in [3.63, 3.8) is 0 Å². The summed E-state index contributed by atoms with van der Waals surface area (Å²) < 4.78 is 58.5. The summed E-state index contributed by atoms with van der Waals surface area (Å²) in [5.74, 6) is -2.60. The second-order valence-corrected chi connectivity index (χ2v) is 7.59. The Kier molecular flexibility index (Phi) is 4.61. The number of methoxy groups -OCH3 is 1. The molecule has 2 aromatic rings. The second kappa shape index (κ2) is 6.60. The van der Waals surface area contributed by atoms with Crippen LogP contribution in [0.2, 0.25) is 0 Å². The molecule has 0 bridgehead atoms. The molecule has 1 aromatic carbocycles. The van der Waals surface area contributed by atoms with E-state index in [9.17, 15) is 22.0 Å². The first-order valence-electron chi connectivity index (χ1n) is 7.67. The maximum Gasteiger partial charge on any atom is 0.285 e. The van der Waals surface area contributed by atoms with Crippen molar-refractivity contribution in [1.29, 1.82) is 0 Å². The van der Waals surface area contributed by atoms with Gasteiger partial charge >= 0.3 is 0 Å². The largest absolute Gasteiger partial charge is 0.495 e. The fourth-order valence-corrected chi connectivity index (χ4v) is 3.29. The van der Waals surface area contributed by atoms with Crippen LogP contribution in [0.5, 0.6) is 5.75 Å². The summed E-state index contributed by atoms with van der Waals surface area (Å²) >= 11 is 0. The zero-order chi connectivity index (χ0) is 19.1. The van der Waals surface area contributed by atoms with E-state index in [4.69, 9.17) is 4.74 Å². The first kappa shape index (κ1) is 18.2. The number of halogens is 2. The number of ether oxygens (including phenoxy) is 1. The second-order valence-electron chi connectivity index (χ2n) is 5.90. The predicted octanol–water partition coefficient (Wildman–Crippen LogP) is 2.07. The van der Waals surface area contributed by atoms with Crippen molar-refractivity contribution >= 4 is 15.9 Å². The molecule has 1 aliphatic rings. The topological polar surface area (TPSA) is 98.2 Å². The van der Waals surface area contributed by atoms with Crippen molar-refractivity contribution in [2.45, 2.75) is 30.6 Å². The summed E-state index contributed by atoms with van der Waals surface area (Å²) in [5, 5.41) is 7.65. The van der Waals surface area contributed by atoms with Gasteiger partial charge in [0.2, 0.25) is 0 Å². The van der Waals surface area contributed by atoms with Crippen molar-refractivity contribution in [1.82, 2.24) is 14.9 Å². The fraction of sp³-hybridized carbons (Fsp3) is 0.312. The molecule has 10 heteroatoms. The minimum atomic E-state index is -4.49. The van der Waals surface area contributed by atoms with Gasteiger partial charge in [0.15, 0.2) is 5.69 Å². The van der Waals surface area contributed by atoms with E-state index in [1.807, 2.05) is 0 Å². The fourth-order valence-electron chi connectivity index (χ4n) is 2.31. The summed E-state index contributed by atoms with van der Waals surface area (Å²) in [6, 6.07) is 2.55. The Morgan fingerprint density at radius 2 is 1.81 bits per heavy atom. The zero-order valence-electron chi connectivity index (χ0n) is 13.9. The number of carbonyl (C=O) groups is 1. The van der Waals surface area contributed by atoms with Crippen LogP contribution in [0.1, 0.15) is 40.5 Å². The average Bonchev–Trinajstić information content (AvgIpc) is 3.43. The van der Waals surface area contributed by atoms with Crippen LogP contribution >= 0.6 is 0 Å². The summed E-state index contributed by atoms with van der Waals surface area (Å²) in [6.45, 7) is 1.17. The normalized spacial score (nSPS) is 14.2. The van der Waals surface area contributed by atoms with Crippen LogP contribution in [0, 0.1) is 18.6 Å². The van der Waals surface area contributed by atoms with Gasteiger partial charge < -0.3 is 4.74 Å². The number of aromatic nitrogens is 2. The number of rotatable bonds is 5. The Bertz CT molecular complexity index is 968. The number of carbonyl (C=O) groups excluding carboxylic acids is 1. The third-order valence-electron chi connectivity index (χ3n) is 3.99. The minimum absolute atomic E-state index is 0.219. The lowest BCUT2D eigenvalue weighted by Gasteiger charge is -2.10. The molecule has 7 nitrogen and oxygen atoms in total. The highest BCUT2D eigenvalue weighted by Gasteiger charge is 2.30. The lowest BCUT2D eigenvalue weighted by molar-refractivity contribution is 0.0975. The van der Waals surface area contributed by atoms with Gasteiger partial charge in [0.05, 0.1) is 12.0 Å². The lowest BCUT2D eigenvalue weighted by Crippen LogP contribution is -2.31. The molecule has 1 aromatic heterocycles. The van der Waals surface area contributed by atoms with E-state index in [1.165, 1.54) is 20.1 Å². The average molecular weight is 383 g/mol. The van der Waals surface area contributed by atoms with Gasteiger partial charge in [0, 0.05) is 17.5 Å². The molecule has 0 atom stereocenters. The Morgan fingerprint density at radius 1 is 1.19 bits per heavy atom. The van der Waals surface area contributed by atoms with Gasteiger partial charge in [-0.1, -0.05) is 0 Å². The number of hydrogen-bond donors (Lipinski definition) is 1. The number of nitrogens with zero attached hydrogens (tertiary/aromatic N) is 2. The van der Waals surface area contributed by atoms with Crippen molar-refractivity contribution in [3.8, 4) is 5.75 Å². The lowest BCUT2D eigenvalue weighted by atomic mass is 10.2. The summed E-state index contributed by atoms with van der Waals surface area (Å²) in [7, 11) is -3.09. The van der Waals surface area contributed by atoms with Crippen LogP contribution in [0.15, 0.2) is 23.1 Å². The first-order chi connectivity index (χ1) is 12.2. The van der Waals surface area contributed by atoms with Gasteiger partial charge in [-0.2, -0.15) is 5.10 Å². The van der Waals surface area contributed by atoms with E-state index < -0.39 is 32.5 Å². The van der Waals surface area contributed by atoms with Gasteiger partial charge in [0.25, 0.3) is 15.9 Å². The van der Waals surface area contributed by atoms with E-state index >= 15 is 0 Å². The molecule has 3 rings (SSSR count). The molecule has 0 radical (unpaired) electrons. The molecule has 1 heterocycles. The molecule has 1 saturated carbocycles. The Labute approximate surface area is 148 Å². The van der Waals surface area contributed by atoms with Crippen molar-refractivity contribution in [2.75, 3.05) is 7.11 Å². The summed E-state index contributed by atoms with van der Waals surface area (Å²) in [6.07, 6.45) is 1.88. The van der Waals surface area contributed by atoms with Crippen LogP contribution in [0.25, 0.3) is 0 Å². The molecular formula is C16H15F2N3O4S. The van der Waals surface area contributed by atoms with E-state index in [1.54, 1.807) is 4.72 Å². The van der Waals surface area contributed by atoms with E-state index in [2.05, 4.69) is 10.2 Å². The monoisotopic (exact) mass is 383 g/mol. The van der Waals surface area contributed by atoms with Gasteiger partial charge in [-0.25, -0.2) is 21.9 Å². The highest BCUT2D eigenvalue weighted by molar-refractivity contribution is 7.90. The third kappa shape index (κ3) is 3.50. The van der Waals surface area contributed by atoms with Crippen molar-refractivity contribution < 1.29 is 26.7 Å². The minimum Gasteiger partial charge on any atom is -0.495 e. The molecule has 1 aliphatic carbocycles. The molecule has 0 saturated heterocycles.